The van der Waals surface area contributed by atoms with Crippen molar-refractivity contribution < 1.29 is 42.1 Å². The van der Waals surface area contributed by atoms with E-state index < -0.39 is 24.5 Å². The topological polar surface area (TPSA) is 106 Å². The minimum absolute atomic E-state index is 0.214. The van der Waals surface area contributed by atoms with E-state index in [1.165, 1.54) is 5.56 Å². The molecule has 0 radical (unpaired) electrons. The standard InChI is InChI=1S/C21H26N2O4.C2HF3O2/c1-3-22-15(2)11-17-9-10-18-19(12-17)27-20(26-18)13-23-21(24)25-14-16-7-5-4-6-8-16;3-2(4,5)1(6)7/h4-10,12,15,20,22H,3,11,13-14H2,1-2H3,(H,23,24);(H,6,7). The number of alkyl carbamates (subject to hydrolysis) is 1. The number of aliphatic carboxylic acids is 1. The van der Waals surface area contributed by atoms with Gasteiger partial charge < -0.3 is 30.0 Å². The minimum Gasteiger partial charge on any atom is -0.475 e. The first-order chi connectivity index (χ1) is 16.1. The number of halogens is 3. The SMILES string of the molecule is CCNC(C)Cc1ccc2c(c1)OC(CNC(=O)OCc1ccccc1)O2.O=C(O)C(F)(F)F. The van der Waals surface area contributed by atoms with E-state index in [1.807, 2.05) is 48.5 Å². The first kappa shape index (κ1) is 26.8. The Kier molecular flexibility index (Phi) is 9.99. The van der Waals surface area contributed by atoms with E-state index in [1.54, 1.807) is 0 Å². The van der Waals surface area contributed by atoms with Crippen molar-refractivity contribution in [2.24, 2.45) is 0 Å². The molecule has 1 heterocycles. The Morgan fingerprint density at radius 3 is 2.35 bits per heavy atom. The molecule has 8 nitrogen and oxygen atoms in total. The number of carbonyl (C=O) groups excluding carboxylic acids is 1. The average molecular weight is 484 g/mol. The van der Waals surface area contributed by atoms with E-state index in [0.29, 0.717) is 17.5 Å². The Morgan fingerprint density at radius 2 is 1.74 bits per heavy atom. The maximum atomic E-state index is 11.8. The molecule has 2 atom stereocenters. The number of amides is 1. The van der Waals surface area contributed by atoms with Gasteiger partial charge in [-0.1, -0.05) is 43.3 Å². The maximum Gasteiger partial charge on any atom is 0.490 e. The molecule has 2 aromatic carbocycles. The fraction of sp³-hybridized carbons (Fsp3) is 0.391. The van der Waals surface area contributed by atoms with E-state index in [2.05, 4.69) is 24.5 Å². The second kappa shape index (κ2) is 12.7. The van der Waals surface area contributed by atoms with Crippen molar-refractivity contribution in [3.63, 3.8) is 0 Å². The molecule has 3 N–H and O–H groups in total. The van der Waals surface area contributed by atoms with Crippen LogP contribution in [0.25, 0.3) is 0 Å². The number of hydrogen-bond acceptors (Lipinski definition) is 6. The molecule has 1 aliphatic rings. The van der Waals surface area contributed by atoms with Crippen molar-refractivity contribution in [3.05, 3.63) is 59.7 Å². The molecule has 0 spiro atoms. The lowest BCUT2D eigenvalue weighted by molar-refractivity contribution is -0.192. The fourth-order valence-electron chi connectivity index (χ4n) is 2.97. The number of rotatable bonds is 8. The van der Waals surface area contributed by atoms with Crippen molar-refractivity contribution in [3.8, 4) is 11.5 Å². The summed E-state index contributed by atoms with van der Waals surface area (Å²) in [5.74, 6) is -1.35. The predicted molar refractivity (Wildman–Crippen MR) is 117 cm³/mol. The van der Waals surface area contributed by atoms with Crippen LogP contribution in [-0.4, -0.2) is 48.8 Å². The first-order valence-electron chi connectivity index (χ1n) is 10.5. The Morgan fingerprint density at radius 1 is 1.09 bits per heavy atom. The smallest absolute Gasteiger partial charge is 0.475 e. The van der Waals surface area contributed by atoms with Gasteiger partial charge in [-0.15, -0.1) is 0 Å². The van der Waals surface area contributed by atoms with E-state index >= 15 is 0 Å². The second-order valence-electron chi connectivity index (χ2n) is 7.35. The molecule has 2 unspecified atom stereocenters. The minimum atomic E-state index is -5.08. The summed E-state index contributed by atoms with van der Waals surface area (Å²) >= 11 is 0. The van der Waals surface area contributed by atoms with Crippen LogP contribution in [0.3, 0.4) is 0 Å². The number of likely N-dealkylation sites (N-methyl/N-ethyl adjacent to an activating group) is 1. The Bertz CT molecular complexity index is 940. The third kappa shape index (κ3) is 9.18. The molecule has 0 saturated carbocycles. The molecule has 2 aromatic rings. The molecule has 0 bridgehead atoms. The number of carboxylic acids is 1. The van der Waals surface area contributed by atoms with Gasteiger partial charge in [-0.05, 0) is 43.1 Å². The van der Waals surface area contributed by atoms with Crippen molar-refractivity contribution in [1.29, 1.82) is 0 Å². The van der Waals surface area contributed by atoms with Gasteiger partial charge in [0.25, 0.3) is 6.29 Å². The number of nitrogens with one attached hydrogen (secondary N) is 2. The van der Waals surface area contributed by atoms with Crippen LogP contribution in [0.4, 0.5) is 18.0 Å². The zero-order valence-corrected chi connectivity index (χ0v) is 18.7. The van der Waals surface area contributed by atoms with Crippen LogP contribution in [-0.2, 0) is 22.6 Å². The summed E-state index contributed by atoms with van der Waals surface area (Å²) in [4.78, 5) is 20.7. The molecule has 0 saturated heterocycles. The van der Waals surface area contributed by atoms with Crippen LogP contribution in [0.1, 0.15) is 25.0 Å². The lowest BCUT2D eigenvalue weighted by atomic mass is 10.1. The molecule has 186 valence electrons. The van der Waals surface area contributed by atoms with Crippen LogP contribution in [0.5, 0.6) is 11.5 Å². The van der Waals surface area contributed by atoms with Gasteiger partial charge in [0.15, 0.2) is 11.5 Å². The molecule has 1 amide bonds. The van der Waals surface area contributed by atoms with Crippen molar-refractivity contribution in [2.75, 3.05) is 13.1 Å². The largest absolute Gasteiger partial charge is 0.490 e. The molecule has 0 fully saturated rings. The summed E-state index contributed by atoms with van der Waals surface area (Å²) < 4.78 is 48.4. The fourth-order valence-corrected chi connectivity index (χ4v) is 2.97. The zero-order valence-electron chi connectivity index (χ0n) is 18.7. The van der Waals surface area contributed by atoms with Gasteiger partial charge >= 0.3 is 18.2 Å². The van der Waals surface area contributed by atoms with Gasteiger partial charge in [-0.3, -0.25) is 0 Å². The molecular formula is C23H27F3N2O6. The maximum absolute atomic E-state index is 11.8. The third-order valence-corrected chi connectivity index (χ3v) is 4.49. The van der Waals surface area contributed by atoms with Crippen molar-refractivity contribution in [1.82, 2.24) is 10.6 Å². The Labute approximate surface area is 195 Å². The summed E-state index contributed by atoms with van der Waals surface area (Å²) in [6, 6.07) is 15.9. The zero-order chi connectivity index (χ0) is 25.1. The number of carbonyl (C=O) groups is 2. The van der Waals surface area contributed by atoms with Gasteiger partial charge in [0.1, 0.15) is 6.61 Å². The highest BCUT2D eigenvalue weighted by atomic mass is 19.4. The van der Waals surface area contributed by atoms with Crippen LogP contribution in [0, 0.1) is 0 Å². The number of hydrogen-bond donors (Lipinski definition) is 3. The summed E-state index contributed by atoms with van der Waals surface area (Å²) in [5.41, 5.74) is 2.12. The molecule has 11 heteroatoms. The number of ether oxygens (including phenoxy) is 3. The van der Waals surface area contributed by atoms with Gasteiger partial charge in [0, 0.05) is 6.04 Å². The molecule has 3 rings (SSSR count). The summed E-state index contributed by atoms with van der Waals surface area (Å²) in [6.45, 7) is 5.64. The van der Waals surface area contributed by atoms with E-state index in [9.17, 15) is 18.0 Å². The van der Waals surface area contributed by atoms with Gasteiger partial charge in [-0.2, -0.15) is 13.2 Å². The lowest BCUT2D eigenvalue weighted by Gasteiger charge is -2.12. The molecule has 0 aromatic heterocycles. The monoisotopic (exact) mass is 484 g/mol. The van der Waals surface area contributed by atoms with E-state index in [4.69, 9.17) is 24.1 Å². The summed E-state index contributed by atoms with van der Waals surface area (Å²) in [6.07, 6.45) is -5.22. The van der Waals surface area contributed by atoms with Gasteiger partial charge in [-0.25, -0.2) is 9.59 Å². The molecule has 1 aliphatic heterocycles. The normalized spacial score (nSPS) is 15.0. The summed E-state index contributed by atoms with van der Waals surface area (Å²) in [5, 5.41) is 13.2. The average Bonchev–Trinajstić information content (AvgIpc) is 3.19. The molecule has 34 heavy (non-hydrogen) atoms. The van der Waals surface area contributed by atoms with Gasteiger partial charge in [0.2, 0.25) is 0 Å². The highest BCUT2D eigenvalue weighted by molar-refractivity contribution is 5.73. The lowest BCUT2D eigenvalue weighted by Crippen LogP contribution is -2.36. The second-order valence-corrected chi connectivity index (χ2v) is 7.35. The third-order valence-electron chi connectivity index (χ3n) is 4.49. The first-order valence-corrected chi connectivity index (χ1v) is 10.5. The van der Waals surface area contributed by atoms with Crippen molar-refractivity contribution >= 4 is 12.1 Å². The van der Waals surface area contributed by atoms with Crippen LogP contribution in [0.15, 0.2) is 48.5 Å². The predicted octanol–water partition coefficient (Wildman–Crippen LogP) is 3.88. The highest BCUT2D eigenvalue weighted by Gasteiger charge is 2.38. The Hall–Kier alpha value is -3.47. The quantitative estimate of drug-likeness (QED) is 0.522. The number of carboxylic acid groups (broad SMARTS) is 1. The Balaban J connectivity index is 0.000000509. The van der Waals surface area contributed by atoms with Gasteiger partial charge in [0.05, 0.1) is 6.54 Å². The van der Waals surface area contributed by atoms with Crippen LogP contribution >= 0.6 is 0 Å². The molecule has 0 aliphatic carbocycles. The molecular weight excluding hydrogens is 457 g/mol. The van der Waals surface area contributed by atoms with E-state index in [0.717, 1.165) is 18.5 Å². The highest BCUT2D eigenvalue weighted by Crippen LogP contribution is 2.35. The number of fused-ring (bicyclic) bond motifs is 1. The number of alkyl halides is 3. The number of benzene rings is 2. The van der Waals surface area contributed by atoms with Crippen molar-refractivity contribution in [2.45, 2.75) is 45.4 Å². The van der Waals surface area contributed by atoms with Crippen LogP contribution < -0.4 is 20.1 Å². The summed E-state index contributed by atoms with van der Waals surface area (Å²) in [7, 11) is 0. The van der Waals surface area contributed by atoms with Crippen LogP contribution in [0.2, 0.25) is 0 Å². The van der Waals surface area contributed by atoms with E-state index in [-0.39, 0.29) is 13.2 Å².